The van der Waals surface area contributed by atoms with E-state index in [4.69, 9.17) is 13.7 Å². The van der Waals surface area contributed by atoms with Crippen molar-refractivity contribution >= 4 is 10.1 Å². The van der Waals surface area contributed by atoms with Crippen LogP contribution < -0.4 is 0 Å². The van der Waals surface area contributed by atoms with E-state index in [1.54, 1.807) is 24.3 Å². The predicted octanol–water partition coefficient (Wildman–Crippen LogP) is 2.42. The Morgan fingerprint density at radius 2 is 1.96 bits per heavy atom. The Hall–Kier alpha value is -0.990. The van der Waals surface area contributed by atoms with Gasteiger partial charge in [-0.3, -0.25) is 4.18 Å². The first-order valence-electron chi connectivity index (χ1n) is 9.14. The molecular weight excluding hydrogens is 356 g/mol. The zero-order chi connectivity index (χ0) is 19.1. The molecule has 0 bridgehead atoms. The molecule has 0 radical (unpaired) electrons. The van der Waals surface area contributed by atoms with Gasteiger partial charge in [0.1, 0.15) is 6.10 Å². The van der Waals surface area contributed by atoms with Crippen LogP contribution in [0.15, 0.2) is 29.2 Å². The molecule has 1 N–H and O–H groups in total. The Bertz CT molecular complexity index is 731. The van der Waals surface area contributed by atoms with Gasteiger partial charge in [0.15, 0.2) is 0 Å². The monoisotopic (exact) mass is 384 g/mol. The van der Waals surface area contributed by atoms with Gasteiger partial charge in [-0.25, -0.2) is 0 Å². The molecule has 2 aliphatic heterocycles. The van der Waals surface area contributed by atoms with Gasteiger partial charge in [-0.1, -0.05) is 31.5 Å². The molecule has 2 saturated heterocycles. The van der Waals surface area contributed by atoms with Gasteiger partial charge in [-0.2, -0.15) is 8.42 Å². The van der Waals surface area contributed by atoms with Gasteiger partial charge in [0, 0.05) is 12.3 Å². The molecule has 26 heavy (non-hydrogen) atoms. The molecule has 6 atom stereocenters. The number of benzene rings is 1. The van der Waals surface area contributed by atoms with Crippen molar-refractivity contribution < 1.29 is 27.2 Å². The highest BCUT2D eigenvalue weighted by Crippen LogP contribution is 2.47. The Balaban J connectivity index is 1.47. The topological polar surface area (TPSA) is 88.7 Å². The van der Waals surface area contributed by atoms with Crippen molar-refractivity contribution in [1.29, 1.82) is 0 Å². The summed E-state index contributed by atoms with van der Waals surface area (Å²) >= 11 is 0. The summed E-state index contributed by atoms with van der Waals surface area (Å²) in [6, 6.07) is 6.57. The SMILES string of the molecule is CC[C@H](O)[C@@H](C)[C@H]1O[C@@H]1C[C@@]1(C)O[C@@H]1COS(=O)(=O)c1ccc(C)cc1. The quantitative estimate of drug-likeness (QED) is 0.520. The van der Waals surface area contributed by atoms with E-state index in [9.17, 15) is 13.5 Å². The molecule has 0 spiro atoms. The molecule has 1 aromatic rings. The Kier molecular flexibility index (Phi) is 5.48. The van der Waals surface area contributed by atoms with Crippen LogP contribution in [0.3, 0.4) is 0 Å². The van der Waals surface area contributed by atoms with Crippen LogP contribution in [0.5, 0.6) is 0 Å². The van der Waals surface area contributed by atoms with E-state index in [1.165, 1.54) is 0 Å². The minimum absolute atomic E-state index is 0.00274. The van der Waals surface area contributed by atoms with Crippen molar-refractivity contribution in [2.75, 3.05) is 6.61 Å². The number of aliphatic hydroxyl groups is 1. The van der Waals surface area contributed by atoms with Crippen LogP contribution in [-0.2, 0) is 23.8 Å². The fourth-order valence-electron chi connectivity index (χ4n) is 3.38. The summed E-state index contributed by atoms with van der Waals surface area (Å²) in [4.78, 5) is 0.151. The molecule has 0 amide bonds. The Labute approximate surface area is 155 Å². The maximum absolute atomic E-state index is 12.2. The van der Waals surface area contributed by atoms with Crippen LogP contribution in [0.4, 0.5) is 0 Å². The van der Waals surface area contributed by atoms with Gasteiger partial charge in [0.25, 0.3) is 10.1 Å². The molecule has 2 fully saturated rings. The van der Waals surface area contributed by atoms with Crippen molar-refractivity contribution in [3.05, 3.63) is 29.8 Å². The van der Waals surface area contributed by atoms with Gasteiger partial charge < -0.3 is 14.6 Å². The van der Waals surface area contributed by atoms with Gasteiger partial charge >= 0.3 is 0 Å². The van der Waals surface area contributed by atoms with E-state index in [1.807, 2.05) is 27.7 Å². The first kappa shape index (κ1) is 19.8. The van der Waals surface area contributed by atoms with Crippen LogP contribution in [0.1, 0.15) is 39.2 Å². The van der Waals surface area contributed by atoms with Gasteiger partial charge in [-0.15, -0.1) is 0 Å². The fraction of sp³-hybridized carbons (Fsp3) is 0.684. The van der Waals surface area contributed by atoms with Gasteiger partial charge in [0.05, 0.1) is 35.4 Å². The molecular formula is C19H28O6S. The number of epoxide rings is 2. The number of hydrogen-bond donors (Lipinski definition) is 1. The normalized spacial score (nSPS) is 32.9. The summed E-state index contributed by atoms with van der Waals surface area (Å²) < 4.78 is 41.0. The third-order valence-corrected chi connectivity index (χ3v) is 6.79. The van der Waals surface area contributed by atoms with Crippen LogP contribution >= 0.6 is 0 Å². The molecule has 6 nitrogen and oxygen atoms in total. The molecule has 2 aliphatic rings. The van der Waals surface area contributed by atoms with E-state index in [0.29, 0.717) is 12.8 Å². The summed E-state index contributed by atoms with van der Waals surface area (Å²) in [6.45, 7) is 7.78. The third-order valence-electron chi connectivity index (χ3n) is 5.49. The second kappa shape index (κ2) is 7.20. The highest BCUT2D eigenvalue weighted by Gasteiger charge is 2.58. The van der Waals surface area contributed by atoms with Crippen LogP contribution in [0.2, 0.25) is 0 Å². The van der Waals surface area contributed by atoms with Crippen LogP contribution in [-0.4, -0.2) is 50.1 Å². The predicted molar refractivity (Wildman–Crippen MR) is 96.3 cm³/mol. The molecule has 0 saturated carbocycles. The highest BCUT2D eigenvalue weighted by molar-refractivity contribution is 7.86. The summed E-state index contributed by atoms with van der Waals surface area (Å²) in [5.74, 6) is 0.0870. The number of hydrogen-bond acceptors (Lipinski definition) is 6. The summed E-state index contributed by atoms with van der Waals surface area (Å²) in [5, 5.41) is 9.92. The van der Waals surface area contributed by atoms with E-state index < -0.39 is 15.7 Å². The van der Waals surface area contributed by atoms with Crippen LogP contribution in [0.25, 0.3) is 0 Å². The van der Waals surface area contributed by atoms with E-state index in [0.717, 1.165) is 5.56 Å². The van der Waals surface area contributed by atoms with Gasteiger partial charge in [-0.05, 0) is 32.4 Å². The molecule has 146 valence electrons. The Morgan fingerprint density at radius 1 is 1.31 bits per heavy atom. The van der Waals surface area contributed by atoms with Crippen LogP contribution in [0, 0.1) is 12.8 Å². The van der Waals surface area contributed by atoms with Crippen molar-refractivity contribution in [1.82, 2.24) is 0 Å². The average Bonchev–Trinajstić information content (AvgIpc) is 3.49. The summed E-state index contributed by atoms with van der Waals surface area (Å²) in [7, 11) is -3.78. The number of ether oxygens (including phenoxy) is 2. The zero-order valence-corrected chi connectivity index (χ0v) is 16.5. The minimum atomic E-state index is -3.78. The minimum Gasteiger partial charge on any atom is -0.393 e. The molecule has 0 unspecified atom stereocenters. The lowest BCUT2D eigenvalue weighted by Gasteiger charge is -2.14. The van der Waals surface area contributed by atoms with Crippen molar-refractivity contribution in [3.8, 4) is 0 Å². The third kappa shape index (κ3) is 4.28. The highest BCUT2D eigenvalue weighted by atomic mass is 32.2. The molecule has 0 aromatic heterocycles. The lowest BCUT2D eigenvalue weighted by molar-refractivity contribution is 0.0953. The largest absolute Gasteiger partial charge is 0.393 e. The second-order valence-electron chi connectivity index (χ2n) is 7.65. The first-order valence-corrected chi connectivity index (χ1v) is 10.5. The second-order valence-corrected chi connectivity index (χ2v) is 9.26. The summed E-state index contributed by atoms with van der Waals surface area (Å²) in [5.41, 5.74) is 0.558. The van der Waals surface area contributed by atoms with Crippen molar-refractivity contribution in [3.63, 3.8) is 0 Å². The van der Waals surface area contributed by atoms with E-state index in [-0.39, 0.29) is 41.8 Å². The molecule has 3 rings (SSSR count). The molecule has 0 aliphatic carbocycles. The maximum atomic E-state index is 12.2. The maximum Gasteiger partial charge on any atom is 0.297 e. The summed E-state index contributed by atoms with van der Waals surface area (Å²) in [6.07, 6.45) is 0.848. The van der Waals surface area contributed by atoms with E-state index in [2.05, 4.69) is 0 Å². The number of aryl methyl sites for hydroxylation is 1. The standard InChI is InChI=1S/C19H28O6S/c1-5-15(20)13(3)18-16(24-18)10-19(4)17(25-19)11-23-26(21,22)14-8-6-12(2)7-9-14/h6-9,13,15-18,20H,5,10-11H2,1-4H3/t13-,15+,16-,17-,18-,19-/m1/s1. The lowest BCUT2D eigenvalue weighted by Crippen LogP contribution is -2.25. The van der Waals surface area contributed by atoms with E-state index >= 15 is 0 Å². The molecule has 7 heteroatoms. The Morgan fingerprint density at radius 3 is 2.58 bits per heavy atom. The van der Waals surface area contributed by atoms with Gasteiger partial charge in [0.2, 0.25) is 0 Å². The fourth-order valence-corrected chi connectivity index (χ4v) is 4.29. The lowest BCUT2D eigenvalue weighted by atomic mass is 9.92. The average molecular weight is 384 g/mol. The number of rotatable bonds is 9. The smallest absolute Gasteiger partial charge is 0.297 e. The number of aliphatic hydroxyl groups excluding tert-OH is 1. The molecule has 2 heterocycles. The van der Waals surface area contributed by atoms with Crippen molar-refractivity contribution in [2.24, 2.45) is 5.92 Å². The van der Waals surface area contributed by atoms with Crippen molar-refractivity contribution in [2.45, 2.75) is 75.4 Å². The zero-order valence-electron chi connectivity index (χ0n) is 15.7. The first-order chi connectivity index (χ1) is 12.2. The molecule has 1 aromatic carbocycles.